The molecule has 8 rings (SSSR count). The van der Waals surface area contributed by atoms with Gasteiger partial charge in [-0.15, -0.1) is 11.3 Å². The minimum atomic E-state index is -3.75. The monoisotopic (exact) mass is 926 g/mol. The average molecular weight is 927 g/mol. The van der Waals surface area contributed by atoms with Crippen LogP contribution in [0.2, 0.25) is 0 Å². The highest BCUT2D eigenvalue weighted by molar-refractivity contribution is 7.92. The van der Waals surface area contributed by atoms with Crippen molar-refractivity contribution in [1.29, 1.82) is 0 Å². The maximum Gasteiger partial charge on any atom is 0.234 e. The van der Waals surface area contributed by atoms with E-state index in [0.29, 0.717) is 99.0 Å². The molecule has 0 radical (unpaired) electrons. The summed E-state index contributed by atoms with van der Waals surface area (Å²) in [4.78, 5) is 62.5. The second kappa shape index (κ2) is 18.8. The molecule has 0 bridgehead atoms. The number of imide groups is 1. The molecule has 65 heavy (non-hydrogen) atoms. The molecule has 6 heterocycles. The summed E-state index contributed by atoms with van der Waals surface area (Å²) in [5.74, 6) is -1.29. The molecule has 1 atom stereocenters. The summed E-state index contributed by atoms with van der Waals surface area (Å²) in [6.45, 7) is 11.0. The van der Waals surface area contributed by atoms with E-state index in [1.165, 1.54) is 23.5 Å². The number of piperazine rings is 1. The van der Waals surface area contributed by atoms with Gasteiger partial charge in [-0.2, -0.15) is 0 Å². The van der Waals surface area contributed by atoms with Gasteiger partial charge in [-0.25, -0.2) is 37.1 Å². The van der Waals surface area contributed by atoms with Gasteiger partial charge in [-0.1, -0.05) is 39.8 Å². The van der Waals surface area contributed by atoms with Crippen molar-refractivity contribution in [3.8, 4) is 21.8 Å². The van der Waals surface area contributed by atoms with Gasteiger partial charge in [0.05, 0.1) is 44.3 Å². The largest absolute Gasteiger partial charge is 0.366 e. The second-order valence-corrected chi connectivity index (χ2v) is 20.5. The fraction of sp³-hybridized carbons (Fsp3) is 0.413. The quantitative estimate of drug-likeness (QED) is 0.107. The number of carbonyl (C=O) groups is 3. The number of aromatic nitrogens is 4. The van der Waals surface area contributed by atoms with Crippen LogP contribution in [0, 0.1) is 17.6 Å². The van der Waals surface area contributed by atoms with Gasteiger partial charge < -0.3 is 20.0 Å². The van der Waals surface area contributed by atoms with Crippen LogP contribution in [0.15, 0.2) is 67.0 Å². The van der Waals surface area contributed by atoms with E-state index in [2.05, 4.69) is 30.2 Å². The Morgan fingerprint density at radius 1 is 0.923 bits per heavy atom. The molecule has 3 amide bonds. The number of thiazole rings is 1. The van der Waals surface area contributed by atoms with Crippen molar-refractivity contribution in [2.75, 3.05) is 64.9 Å². The Hall–Kier alpha value is -6.08. The molecule has 0 saturated carbocycles. The molecule has 0 spiro atoms. The summed E-state index contributed by atoms with van der Waals surface area (Å²) in [6.07, 6.45) is 5.78. The molecule has 19 heteroatoms. The van der Waals surface area contributed by atoms with Gasteiger partial charge in [0.15, 0.2) is 5.82 Å². The Labute approximate surface area is 381 Å². The van der Waals surface area contributed by atoms with Crippen molar-refractivity contribution in [3.63, 3.8) is 0 Å². The molecule has 3 aliphatic heterocycles. The van der Waals surface area contributed by atoms with E-state index in [1.54, 1.807) is 49.6 Å². The SMILES string of the molecule is CCCS(=O)(=O)Nc1cccc(-c2nc(C(C)(C)C)sc2-c2ccnc(Nc3ccc(N4CCN(C(=O)C5CCN(c6ccc([C@H]7CCC(=O)NC7=O)cn6)CC5)CC4)c(F)c3)n2)c1F. The van der Waals surface area contributed by atoms with Crippen molar-refractivity contribution in [3.05, 3.63) is 89.2 Å². The first-order valence-electron chi connectivity index (χ1n) is 21.9. The van der Waals surface area contributed by atoms with Gasteiger partial charge in [0.1, 0.15) is 11.6 Å². The van der Waals surface area contributed by atoms with Gasteiger partial charge in [0, 0.05) is 80.7 Å². The van der Waals surface area contributed by atoms with Crippen LogP contribution in [-0.4, -0.2) is 96.0 Å². The molecule has 3 fully saturated rings. The average Bonchev–Trinajstić information content (AvgIpc) is 3.74. The third kappa shape index (κ3) is 10.3. The van der Waals surface area contributed by atoms with Crippen LogP contribution in [0.4, 0.5) is 37.6 Å². The van der Waals surface area contributed by atoms with E-state index in [1.807, 2.05) is 42.7 Å². The maximum absolute atomic E-state index is 16.1. The predicted octanol–water partition coefficient (Wildman–Crippen LogP) is 7.22. The molecule has 2 aromatic carbocycles. The van der Waals surface area contributed by atoms with Crippen molar-refractivity contribution < 1.29 is 31.6 Å². The van der Waals surface area contributed by atoms with Crippen molar-refractivity contribution in [1.82, 2.24) is 30.2 Å². The Balaban J connectivity index is 0.882. The molecule has 15 nitrogen and oxygen atoms in total. The Morgan fingerprint density at radius 2 is 1.69 bits per heavy atom. The molecule has 5 aromatic rings. The van der Waals surface area contributed by atoms with Crippen LogP contribution < -0.4 is 25.2 Å². The number of hydrogen-bond acceptors (Lipinski definition) is 13. The maximum atomic E-state index is 16.1. The van der Waals surface area contributed by atoms with E-state index in [0.717, 1.165) is 16.4 Å². The summed E-state index contributed by atoms with van der Waals surface area (Å²) < 4.78 is 59.3. The van der Waals surface area contributed by atoms with Gasteiger partial charge in [0.25, 0.3) is 0 Å². The van der Waals surface area contributed by atoms with Crippen LogP contribution in [-0.2, 0) is 29.8 Å². The van der Waals surface area contributed by atoms with Gasteiger partial charge in [-0.05, 0) is 73.7 Å². The van der Waals surface area contributed by atoms with E-state index < -0.39 is 21.7 Å². The van der Waals surface area contributed by atoms with Crippen LogP contribution >= 0.6 is 11.3 Å². The summed E-state index contributed by atoms with van der Waals surface area (Å²) in [6, 6.07) is 14.8. The number of nitrogens with zero attached hydrogens (tertiary/aromatic N) is 7. The van der Waals surface area contributed by atoms with Gasteiger partial charge in [-0.3, -0.25) is 24.4 Å². The van der Waals surface area contributed by atoms with Crippen LogP contribution in [0.1, 0.15) is 76.3 Å². The number of anilines is 5. The molecule has 3 N–H and O–H groups in total. The van der Waals surface area contributed by atoms with Crippen molar-refractivity contribution in [2.45, 2.75) is 71.1 Å². The minimum Gasteiger partial charge on any atom is -0.366 e. The third-order valence-electron chi connectivity index (χ3n) is 11.9. The van der Waals surface area contributed by atoms with Gasteiger partial charge >= 0.3 is 0 Å². The number of sulfonamides is 1. The number of hydrogen-bond donors (Lipinski definition) is 3. The number of rotatable bonds is 12. The summed E-state index contributed by atoms with van der Waals surface area (Å²) in [7, 11) is -3.75. The zero-order chi connectivity index (χ0) is 46.0. The lowest BCUT2D eigenvalue weighted by molar-refractivity contribution is -0.136. The Bertz CT molecular complexity index is 2690. The highest BCUT2D eigenvalue weighted by atomic mass is 32.2. The lowest BCUT2D eigenvalue weighted by Gasteiger charge is -2.39. The molecular formula is C46H52F2N10O5S2. The number of benzene rings is 2. The molecular weight excluding hydrogens is 875 g/mol. The highest BCUT2D eigenvalue weighted by Gasteiger charge is 2.33. The van der Waals surface area contributed by atoms with Crippen molar-refractivity contribution in [2.24, 2.45) is 5.92 Å². The fourth-order valence-electron chi connectivity index (χ4n) is 8.38. The van der Waals surface area contributed by atoms with Crippen LogP contribution in [0.25, 0.3) is 21.8 Å². The first kappa shape index (κ1) is 45.5. The standard InChI is InChI=1S/C46H52F2N10O5S2/c1-5-25-65(62,63)55-34-8-6-7-32(39(34)48)40-41(64-44(54-40)46(2,3)4)35-15-18-49-45(52-35)51-30-10-12-36(33(47)26-30)56-21-23-58(24-22-56)43(61)28-16-19-57(20-17-28)37-13-9-29(27-50-37)31-11-14-38(59)53-42(31)60/h6-10,12-13,15,18,26-28,31,55H,5,11,14,16-17,19-25H2,1-4H3,(H,49,51,52)(H,53,59,60)/t31-/m1/s1. The minimum absolute atomic E-state index is 0.112. The molecule has 342 valence electrons. The lowest BCUT2D eigenvalue weighted by atomic mass is 9.91. The summed E-state index contributed by atoms with van der Waals surface area (Å²) in [5, 5.41) is 6.22. The number of nitrogens with one attached hydrogen (secondary N) is 3. The predicted molar refractivity (Wildman–Crippen MR) is 248 cm³/mol. The van der Waals surface area contributed by atoms with Crippen molar-refractivity contribution >= 4 is 67.9 Å². The molecule has 0 aliphatic carbocycles. The highest BCUT2D eigenvalue weighted by Crippen LogP contribution is 2.42. The number of amides is 3. The first-order chi connectivity index (χ1) is 31.1. The number of pyridine rings is 1. The molecule has 3 saturated heterocycles. The third-order valence-corrected chi connectivity index (χ3v) is 14.8. The molecule has 3 aliphatic rings. The number of halogens is 2. The van der Waals surface area contributed by atoms with E-state index in [9.17, 15) is 22.8 Å². The first-order valence-corrected chi connectivity index (χ1v) is 24.3. The number of piperidine rings is 2. The zero-order valence-electron chi connectivity index (χ0n) is 36.7. The lowest BCUT2D eigenvalue weighted by Crippen LogP contribution is -2.52. The summed E-state index contributed by atoms with van der Waals surface area (Å²) >= 11 is 1.35. The Morgan fingerprint density at radius 3 is 2.37 bits per heavy atom. The second-order valence-electron chi connectivity index (χ2n) is 17.6. The summed E-state index contributed by atoms with van der Waals surface area (Å²) in [5.41, 5.74) is 1.95. The zero-order valence-corrected chi connectivity index (χ0v) is 38.4. The molecule has 3 aromatic heterocycles. The van der Waals surface area contributed by atoms with E-state index in [4.69, 9.17) is 9.97 Å². The van der Waals surface area contributed by atoms with E-state index >= 15 is 8.78 Å². The van der Waals surface area contributed by atoms with E-state index in [-0.39, 0.29) is 57.9 Å². The number of carbonyl (C=O) groups excluding carboxylic acids is 3. The smallest absolute Gasteiger partial charge is 0.234 e. The fourth-order valence-corrected chi connectivity index (χ4v) is 10.6. The molecule has 0 unspecified atom stereocenters. The van der Waals surface area contributed by atoms with Crippen LogP contribution in [0.5, 0.6) is 0 Å². The topological polar surface area (TPSA) is 183 Å². The normalized spacial score (nSPS) is 17.6. The Kier molecular flexibility index (Phi) is 13.2. The van der Waals surface area contributed by atoms with Gasteiger partial charge in [0.2, 0.25) is 33.7 Å². The van der Waals surface area contributed by atoms with Crippen LogP contribution in [0.3, 0.4) is 0 Å².